The van der Waals surface area contributed by atoms with Gasteiger partial charge in [0.1, 0.15) is 0 Å². The van der Waals surface area contributed by atoms with E-state index < -0.39 is 12.1 Å². The van der Waals surface area contributed by atoms with Gasteiger partial charge in [-0.1, -0.05) is 353 Å². The van der Waals surface area contributed by atoms with Crippen molar-refractivity contribution in [1.82, 2.24) is 5.32 Å². The van der Waals surface area contributed by atoms with E-state index in [2.05, 4.69) is 19.2 Å². The first kappa shape index (κ1) is 72.6. The zero-order chi connectivity index (χ0) is 53.6. The summed E-state index contributed by atoms with van der Waals surface area (Å²) in [5, 5.41) is 23.1. The molecule has 0 aromatic rings. The summed E-state index contributed by atoms with van der Waals surface area (Å²) in [6.07, 6.45) is 78.6. The monoisotopic (exact) mass is 1040 g/mol. The first-order valence-electron chi connectivity index (χ1n) is 34.0. The molecule has 0 saturated carbocycles. The van der Waals surface area contributed by atoms with Gasteiger partial charge in [-0.25, -0.2) is 0 Å². The largest absolute Gasteiger partial charge is 0.466 e. The Morgan fingerprint density at radius 1 is 0.365 bits per heavy atom. The number of amides is 1. The van der Waals surface area contributed by atoms with Gasteiger partial charge in [0.2, 0.25) is 5.91 Å². The van der Waals surface area contributed by atoms with Crippen molar-refractivity contribution >= 4 is 11.9 Å². The summed E-state index contributed by atoms with van der Waals surface area (Å²) in [5.41, 5.74) is 0. The van der Waals surface area contributed by atoms with Crippen LogP contribution >= 0.6 is 0 Å². The van der Waals surface area contributed by atoms with Crippen molar-refractivity contribution in [1.29, 1.82) is 0 Å². The van der Waals surface area contributed by atoms with E-state index in [1.165, 1.54) is 321 Å². The third kappa shape index (κ3) is 59.8. The summed E-state index contributed by atoms with van der Waals surface area (Å²) in [6.45, 7) is 4.94. The number of esters is 1. The van der Waals surface area contributed by atoms with Crippen molar-refractivity contribution in [2.75, 3.05) is 13.2 Å². The van der Waals surface area contributed by atoms with Gasteiger partial charge in [0, 0.05) is 12.8 Å². The van der Waals surface area contributed by atoms with E-state index in [0.717, 1.165) is 38.5 Å². The number of hydrogen-bond donors (Lipinski definition) is 3. The molecule has 3 N–H and O–H groups in total. The van der Waals surface area contributed by atoms with E-state index in [1.54, 1.807) is 6.08 Å². The van der Waals surface area contributed by atoms with Crippen LogP contribution in [-0.4, -0.2) is 47.4 Å². The summed E-state index contributed by atoms with van der Waals surface area (Å²) in [5.74, 6) is -0.0398. The number of hydrogen-bond acceptors (Lipinski definition) is 5. The standard InChI is InChI=1S/C68H133NO5/c1-3-5-7-9-11-13-15-17-33-38-42-46-50-54-58-62-68(73)74-63-59-55-51-47-43-39-35-32-30-28-26-24-22-20-18-19-21-23-25-27-29-31-34-37-41-45-49-53-57-61-67(72)69-65(64-70)66(71)60-56-52-48-44-40-36-16-14-12-10-8-6-4-2/h56,60,65-66,70-71H,3-55,57-59,61-64H2,1-2H3,(H,69,72)/b60-56+. The zero-order valence-corrected chi connectivity index (χ0v) is 50.4. The van der Waals surface area contributed by atoms with E-state index in [0.29, 0.717) is 19.4 Å². The van der Waals surface area contributed by atoms with Crippen molar-refractivity contribution in [3.63, 3.8) is 0 Å². The molecule has 0 spiro atoms. The number of carbonyl (C=O) groups is 2. The lowest BCUT2D eigenvalue weighted by Crippen LogP contribution is -2.45. The smallest absolute Gasteiger partial charge is 0.305 e. The molecule has 0 bridgehead atoms. The highest BCUT2D eigenvalue weighted by Gasteiger charge is 2.18. The van der Waals surface area contributed by atoms with Gasteiger partial charge in [-0.3, -0.25) is 9.59 Å². The van der Waals surface area contributed by atoms with E-state index in [1.807, 2.05) is 6.08 Å². The molecule has 0 fully saturated rings. The minimum atomic E-state index is -0.840. The van der Waals surface area contributed by atoms with Gasteiger partial charge in [-0.2, -0.15) is 0 Å². The Balaban J connectivity index is 3.32. The van der Waals surface area contributed by atoms with Crippen LogP contribution in [0.15, 0.2) is 12.2 Å². The van der Waals surface area contributed by atoms with Gasteiger partial charge in [0.15, 0.2) is 0 Å². The van der Waals surface area contributed by atoms with Crippen LogP contribution in [0.5, 0.6) is 0 Å². The predicted octanol–water partition coefficient (Wildman–Crippen LogP) is 21.6. The van der Waals surface area contributed by atoms with Crippen molar-refractivity contribution < 1.29 is 24.5 Å². The van der Waals surface area contributed by atoms with Gasteiger partial charge in [0.05, 0.1) is 25.4 Å². The molecular formula is C68H133NO5. The molecule has 2 unspecified atom stereocenters. The average Bonchev–Trinajstić information content (AvgIpc) is 3.40. The van der Waals surface area contributed by atoms with Gasteiger partial charge in [-0.05, 0) is 32.1 Å². The Morgan fingerprint density at radius 2 is 0.622 bits per heavy atom. The molecular weight excluding hydrogens is 911 g/mol. The van der Waals surface area contributed by atoms with Crippen LogP contribution in [0.1, 0.15) is 386 Å². The molecule has 0 aliphatic heterocycles. The molecule has 1 amide bonds. The third-order valence-electron chi connectivity index (χ3n) is 16.1. The average molecular weight is 1040 g/mol. The molecule has 6 nitrogen and oxygen atoms in total. The number of aliphatic hydroxyl groups excluding tert-OH is 2. The fraction of sp³-hybridized carbons (Fsp3) is 0.941. The topological polar surface area (TPSA) is 95.9 Å². The number of unbranched alkanes of at least 4 members (excludes halogenated alkanes) is 53. The van der Waals surface area contributed by atoms with Crippen LogP contribution in [-0.2, 0) is 14.3 Å². The second kappa shape index (κ2) is 64.1. The molecule has 6 heteroatoms. The maximum Gasteiger partial charge on any atom is 0.305 e. The molecule has 74 heavy (non-hydrogen) atoms. The zero-order valence-electron chi connectivity index (χ0n) is 50.4. The number of aliphatic hydroxyl groups is 2. The minimum absolute atomic E-state index is 0.0228. The molecule has 0 saturated heterocycles. The lowest BCUT2D eigenvalue weighted by Gasteiger charge is -2.20. The van der Waals surface area contributed by atoms with E-state index in [4.69, 9.17) is 4.74 Å². The molecule has 0 rings (SSSR count). The van der Waals surface area contributed by atoms with E-state index in [9.17, 15) is 19.8 Å². The Bertz CT molecular complexity index is 1110. The number of rotatable bonds is 64. The summed E-state index contributed by atoms with van der Waals surface area (Å²) in [6, 6.07) is -0.623. The highest BCUT2D eigenvalue weighted by Crippen LogP contribution is 2.19. The number of ether oxygens (including phenoxy) is 1. The van der Waals surface area contributed by atoms with Gasteiger partial charge >= 0.3 is 5.97 Å². The van der Waals surface area contributed by atoms with Crippen molar-refractivity contribution in [3.8, 4) is 0 Å². The molecule has 0 aliphatic rings. The molecule has 0 aliphatic carbocycles. The lowest BCUT2D eigenvalue weighted by molar-refractivity contribution is -0.143. The van der Waals surface area contributed by atoms with Crippen LogP contribution in [0, 0.1) is 0 Å². The molecule has 0 radical (unpaired) electrons. The fourth-order valence-corrected chi connectivity index (χ4v) is 10.9. The Morgan fingerprint density at radius 3 is 0.919 bits per heavy atom. The van der Waals surface area contributed by atoms with Gasteiger partial charge in [0.25, 0.3) is 0 Å². The fourth-order valence-electron chi connectivity index (χ4n) is 10.9. The van der Waals surface area contributed by atoms with Crippen LogP contribution in [0.25, 0.3) is 0 Å². The Kier molecular flexibility index (Phi) is 62.9. The third-order valence-corrected chi connectivity index (χ3v) is 16.1. The predicted molar refractivity (Wildman–Crippen MR) is 324 cm³/mol. The molecule has 440 valence electrons. The molecule has 2 atom stereocenters. The van der Waals surface area contributed by atoms with Crippen LogP contribution in [0.3, 0.4) is 0 Å². The minimum Gasteiger partial charge on any atom is -0.466 e. The molecule has 0 heterocycles. The Labute approximate surface area is 463 Å². The van der Waals surface area contributed by atoms with Crippen LogP contribution < -0.4 is 5.32 Å². The summed E-state index contributed by atoms with van der Waals surface area (Å²) < 4.78 is 5.50. The number of carbonyl (C=O) groups excluding carboxylic acids is 2. The van der Waals surface area contributed by atoms with Gasteiger partial charge < -0.3 is 20.3 Å². The first-order chi connectivity index (χ1) is 36.5. The lowest BCUT2D eigenvalue weighted by atomic mass is 10.0. The van der Waals surface area contributed by atoms with E-state index in [-0.39, 0.29) is 18.5 Å². The van der Waals surface area contributed by atoms with Gasteiger partial charge in [-0.15, -0.1) is 0 Å². The van der Waals surface area contributed by atoms with Crippen molar-refractivity contribution in [2.24, 2.45) is 0 Å². The normalized spacial score (nSPS) is 12.5. The van der Waals surface area contributed by atoms with Crippen LogP contribution in [0.2, 0.25) is 0 Å². The highest BCUT2D eigenvalue weighted by molar-refractivity contribution is 5.76. The Hall–Kier alpha value is -1.40. The maximum absolute atomic E-state index is 12.5. The molecule has 0 aromatic heterocycles. The second-order valence-electron chi connectivity index (χ2n) is 23.5. The molecule has 0 aromatic carbocycles. The maximum atomic E-state index is 12.5. The second-order valence-corrected chi connectivity index (χ2v) is 23.5. The number of nitrogens with one attached hydrogen (secondary N) is 1. The number of allylic oxidation sites excluding steroid dienone is 1. The SMILES string of the molecule is CCCCCCCCCCCCC/C=C/C(O)C(CO)NC(=O)CCCCCCCCCCCCCCCCCCCCCCCCCCCCCCCOC(=O)CCCCCCCCCCCCCCCCC. The van der Waals surface area contributed by atoms with Crippen molar-refractivity contribution in [3.05, 3.63) is 12.2 Å². The van der Waals surface area contributed by atoms with E-state index >= 15 is 0 Å². The summed E-state index contributed by atoms with van der Waals surface area (Å²) in [7, 11) is 0. The quantitative estimate of drug-likeness (QED) is 0.0320. The highest BCUT2D eigenvalue weighted by atomic mass is 16.5. The van der Waals surface area contributed by atoms with Crippen LogP contribution in [0.4, 0.5) is 0 Å². The summed E-state index contributed by atoms with van der Waals surface area (Å²) >= 11 is 0. The van der Waals surface area contributed by atoms with Crippen molar-refractivity contribution in [2.45, 2.75) is 398 Å². The summed E-state index contributed by atoms with van der Waals surface area (Å²) in [4.78, 5) is 24.5. The first-order valence-corrected chi connectivity index (χ1v) is 34.0.